The van der Waals surface area contributed by atoms with E-state index in [1.807, 2.05) is 0 Å². The Hall–Kier alpha value is -1.31. The average molecular weight is 596 g/mol. The van der Waals surface area contributed by atoms with Gasteiger partial charge in [-0.1, -0.05) is 92.8 Å². The van der Waals surface area contributed by atoms with E-state index in [0.717, 1.165) is 0 Å². The number of benzene rings is 4. The van der Waals surface area contributed by atoms with Crippen LogP contribution in [0.4, 0.5) is 0 Å². The summed E-state index contributed by atoms with van der Waals surface area (Å²) in [6.07, 6.45) is 6.45. The molecule has 0 N–H and O–H groups in total. The average Bonchev–Trinajstić information content (AvgIpc) is 3.24. The van der Waals surface area contributed by atoms with E-state index in [1.54, 1.807) is 23.3 Å². The molecule has 0 heterocycles. The van der Waals surface area contributed by atoms with Crippen LogP contribution < -0.4 is 24.8 Å². The van der Waals surface area contributed by atoms with Crippen LogP contribution in [-0.4, -0.2) is 5.43 Å². The SMILES string of the molecule is CCCCCCc1cc2c(-c3cc4ccccc4c4ccccc34)cccc2[cH-]1.C[Si](C)=[Zr+2].[Cl-].[Cl-]. The predicted octanol–water partition coefficient (Wildman–Crippen LogP) is 3.45. The molecular weight excluding hydrogens is 563 g/mol. The second-order valence-electron chi connectivity index (χ2n) is 9.17. The van der Waals surface area contributed by atoms with E-state index in [2.05, 4.69) is 105 Å². The fourth-order valence-corrected chi connectivity index (χ4v) is 4.71. The minimum Gasteiger partial charge on any atom is -1.00 e. The minimum atomic E-state index is 0. The molecule has 5 rings (SSSR count). The standard InChI is InChI=1S/C29H27.C2H6Si.2ClH.Zr/c1-2-3-4-5-11-21-18-22-13-10-17-27(28(22)19-21)29-20-23-12-6-7-14-24(23)25-15-8-9-16-26(25)29;1-3-2;;;/h6-10,12-20H,2-5,11H2,1H3;1-2H3;2*1H;/q-1;;;;+2/p-2. The van der Waals surface area contributed by atoms with Crippen molar-refractivity contribution in [1.29, 1.82) is 0 Å². The topological polar surface area (TPSA) is 0 Å². The molecule has 0 unspecified atom stereocenters. The third-order valence-electron chi connectivity index (χ3n) is 6.19. The van der Waals surface area contributed by atoms with E-state index in [-0.39, 0.29) is 30.2 Å². The molecule has 180 valence electrons. The fraction of sp³-hybridized carbons (Fsp3) is 0.258. The van der Waals surface area contributed by atoms with Gasteiger partial charge in [0.15, 0.2) is 0 Å². The van der Waals surface area contributed by atoms with Crippen molar-refractivity contribution in [3.63, 3.8) is 0 Å². The van der Waals surface area contributed by atoms with Gasteiger partial charge in [0, 0.05) is 0 Å². The second kappa shape index (κ2) is 14.4. The van der Waals surface area contributed by atoms with Crippen molar-refractivity contribution >= 4 is 37.8 Å². The molecular formula is C31H33Cl2SiZr-. The Bertz CT molecular complexity index is 1400. The van der Waals surface area contributed by atoms with Gasteiger partial charge in [-0.25, -0.2) is 0 Å². The van der Waals surface area contributed by atoms with Crippen molar-refractivity contribution in [3.05, 3.63) is 90.5 Å². The van der Waals surface area contributed by atoms with Gasteiger partial charge < -0.3 is 24.8 Å². The molecule has 0 bridgehead atoms. The molecule has 0 saturated heterocycles. The van der Waals surface area contributed by atoms with Crippen LogP contribution in [0.5, 0.6) is 0 Å². The van der Waals surface area contributed by atoms with Crippen LogP contribution in [0.25, 0.3) is 43.4 Å². The molecule has 5 aromatic rings. The van der Waals surface area contributed by atoms with Crippen LogP contribution in [0, 0.1) is 0 Å². The third-order valence-corrected chi connectivity index (χ3v) is 6.19. The van der Waals surface area contributed by atoms with E-state index in [0.29, 0.717) is 0 Å². The van der Waals surface area contributed by atoms with Gasteiger partial charge >= 0.3 is 41.9 Å². The number of hydrogen-bond acceptors (Lipinski definition) is 0. The second-order valence-corrected chi connectivity index (χ2v) is 18.5. The van der Waals surface area contributed by atoms with Gasteiger partial charge in [0.05, 0.1) is 0 Å². The molecule has 0 fully saturated rings. The summed E-state index contributed by atoms with van der Waals surface area (Å²) in [4.78, 5) is 0. The van der Waals surface area contributed by atoms with Gasteiger partial charge in [-0.3, -0.25) is 0 Å². The van der Waals surface area contributed by atoms with E-state index < -0.39 is 0 Å². The molecule has 0 amide bonds. The number of halogens is 2. The van der Waals surface area contributed by atoms with Crippen LogP contribution in [0.1, 0.15) is 38.2 Å². The zero-order chi connectivity index (χ0) is 23.2. The normalized spacial score (nSPS) is 10.4. The van der Waals surface area contributed by atoms with Crippen molar-refractivity contribution in [2.75, 3.05) is 0 Å². The molecule has 0 aromatic heterocycles. The zero-order valence-corrected chi connectivity index (χ0v) is 25.8. The number of fused-ring (bicyclic) bond motifs is 4. The number of aryl methyl sites for hydroxylation is 1. The maximum atomic E-state index is 2.43. The van der Waals surface area contributed by atoms with Crippen LogP contribution in [0.3, 0.4) is 0 Å². The van der Waals surface area contributed by atoms with E-state index in [4.69, 9.17) is 0 Å². The molecule has 0 radical (unpaired) electrons. The monoisotopic (exact) mass is 593 g/mol. The smallest absolute Gasteiger partial charge is 1.00 e. The van der Waals surface area contributed by atoms with E-state index >= 15 is 0 Å². The zero-order valence-electron chi connectivity index (χ0n) is 20.9. The maximum absolute atomic E-state index is 2.43. The van der Waals surface area contributed by atoms with Crippen molar-refractivity contribution in [2.24, 2.45) is 0 Å². The van der Waals surface area contributed by atoms with Crippen LogP contribution in [-0.2, 0) is 29.8 Å². The summed E-state index contributed by atoms with van der Waals surface area (Å²) in [7, 11) is 0. The third kappa shape index (κ3) is 7.36. The summed E-state index contributed by atoms with van der Waals surface area (Å²) in [6, 6.07) is 31.5. The van der Waals surface area contributed by atoms with Crippen molar-refractivity contribution in [3.8, 4) is 11.1 Å². The van der Waals surface area contributed by atoms with E-state index in [9.17, 15) is 0 Å². The Kier molecular flexibility index (Phi) is 12.3. The summed E-state index contributed by atoms with van der Waals surface area (Å²) in [5.41, 5.74) is 4.38. The fourth-order valence-electron chi connectivity index (χ4n) is 4.71. The Balaban J connectivity index is 0.000000672. The first kappa shape index (κ1) is 29.9. The van der Waals surface area contributed by atoms with Crippen LogP contribution in [0.15, 0.2) is 84.9 Å². The molecule has 0 nitrogen and oxygen atoms in total. The number of hydrogen-bond donors (Lipinski definition) is 0. The molecule has 0 aliphatic rings. The molecule has 35 heavy (non-hydrogen) atoms. The quantitative estimate of drug-likeness (QED) is 0.122. The van der Waals surface area contributed by atoms with Gasteiger partial charge in [0.2, 0.25) is 0 Å². The molecule has 4 heteroatoms. The summed E-state index contributed by atoms with van der Waals surface area (Å²) < 4.78 is 0. The summed E-state index contributed by atoms with van der Waals surface area (Å²) in [5, 5.41) is 8.07. The first-order valence-corrected chi connectivity index (χ1v) is 18.4. The number of rotatable bonds is 6. The molecule has 0 saturated carbocycles. The van der Waals surface area contributed by atoms with Crippen molar-refractivity contribution in [1.82, 2.24) is 0 Å². The van der Waals surface area contributed by atoms with Crippen LogP contribution >= 0.6 is 0 Å². The Morgan fingerprint density at radius 3 is 2.06 bits per heavy atom. The largest absolute Gasteiger partial charge is 1.00 e. The van der Waals surface area contributed by atoms with Gasteiger partial charge in [0.1, 0.15) is 0 Å². The van der Waals surface area contributed by atoms with E-state index in [1.165, 1.54) is 81.1 Å². The molecule has 5 aromatic carbocycles. The maximum Gasteiger partial charge on any atom is -1.00 e. The molecule has 0 spiro atoms. The first-order chi connectivity index (χ1) is 16.1. The predicted molar refractivity (Wildman–Crippen MR) is 145 cm³/mol. The summed E-state index contributed by atoms with van der Waals surface area (Å²) in [6.45, 7) is 6.89. The summed E-state index contributed by atoms with van der Waals surface area (Å²) >= 11 is 1.74. The summed E-state index contributed by atoms with van der Waals surface area (Å²) in [5.74, 6) is 0. The van der Waals surface area contributed by atoms with Crippen molar-refractivity contribution in [2.45, 2.75) is 52.1 Å². The minimum absolute atomic E-state index is 0. The Labute approximate surface area is 238 Å². The Morgan fingerprint density at radius 2 is 1.34 bits per heavy atom. The molecule has 0 atom stereocenters. The van der Waals surface area contributed by atoms with Gasteiger partial charge in [0.25, 0.3) is 0 Å². The number of unbranched alkanes of at least 4 members (excludes halogenated alkanes) is 3. The van der Waals surface area contributed by atoms with Gasteiger partial charge in [-0.15, -0.1) is 34.5 Å². The first-order valence-electron chi connectivity index (χ1n) is 12.2. The van der Waals surface area contributed by atoms with Crippen molar-refractivity contribution < 1.29 is 48.1 Å². The Morgan fingerprint density at radius 1 is 0.686 bits per heavy atom. The van der Waals surface area contributed by atoms with Gasteiger partial charge in [-0.2, -0.15) is 6.07 Å². The molecule has 0 aliphatic carbocycles. The molecule has 0 aliphatic heterocycles. The van der Waals surface area contributed by atoms with Gasteiger partial charge in [-0.05, 0) is 39.6 Å². The van der Waals surface area contributed by atoms with Crippen LogP contribution in [0.2, 0.25) is 13.1 Å².